The second-order valence-corrected chi connectivity index (χ2v) is 12.1. The summed E-state index contributed by atoms with van der Waals surface area (Å²) in [7, 11) is 0. The molecule has 15 N–H and O–H groups in total. The van der Waals surface area contributed by atoms with Crippen LogP contribution in [0.15, 0.2) is 4.99 Å². The van der Waals surface area contributed by atoms with Crippen LogP contribution in [0.5, 0.6) is 0 Å². The Hall–Kier alpha value is -5.05. The monoisotopic (exact) mass is 715 g/mol. The van der Waals surface area contributed by atoms with Gasteiger partial charge in [0.15, 0.2) is 5.96 Å². The van der Waals surface area contributed by atoms with Crippen molar-refractivity contribution in [3.63, 3.8) is 0 Å². The van der Waals surface area contributed by atoms with Crippen LogP contribution in [0.3, 0.4) is 0 Å². The van der Waals surface area contributed by atoms with Gasteiger partial charge in [-0.25, -0.2) is 4.79 Å². The number of hydrogen-bond donors (Lipinski definition) is 12. The minimum absolute atomic E-state index is 0.00604. The minimum Gasteiger partial charge on any atom is -0.480 e. The normalized spacial score (nSPS) is 14.4. The molecule has 0 aromatic rings. The van der Waals surface area contributed by atoms with Gasteiger partial charge in [0.2, 0.25) is 41.4 Å². The van der Waals surface area contributed by atoms with Crippen molar-refractivity contribution >= 4 is 53.3 Å². The molecule has 0 aliphatic rings. The number of rotatable bonds is 22. The molecule has 0 aliphatic carbocycles. The number of carbonyl (C=O) groups is 8. The zero-order chi connectivity index (χ0) is 38.7. The number of aliphatic hydroxyl groups excluding tert-OH is 1. The largest absolute Gasteiger partial charge is 0.480 e. The lowest BCUT2D eigenvalue weighted by Crippen LogP contribution is -2.61. The van der Waals surface area contributed by atoms with Gasteiger partial charge in [-0.1, -0.05) is 27.7 Å². The van der Waals surface area contributed by atoms with Gasteiger partial charge in [0, 0.05) is 6.54 Å². The summed E-state index contributed by atoms with van der Waals surface area (Å²) in [6, 6.07) is -6.40. The van der Waals surface area contributed by atoms with Crippen LogP contribution < -0.4 is 54.4 Å². The first kappa shape index (κ1) is 44.9. The lowest BCUT2D eigenvalue weighted by atomic mass is 9.99. The van der Waals surface area contributed by atoms with Crippen molar-refractivity contribution in [2.45, 2.75) is 90.7 Å². The Morgan fingerprint density at radius 3 is 1.58 bits per heavy atom. The molecule has 21 heteroatoms. The first-order chi connectivity index (χ1) is 23.2. The Balaban J connectivity index is 5.43. The van der Waals surface area contributed by atoms with Crippen molar-refractivity contribution in [1.29, 1.82) is 0 Å². The molecule has 0 unspecified atom stereocenters. The molecule has 0 saturated carbocycles. The molecule has 0 fully saturated rings. The number of amides is 7. The van der Waals surface area contributed by atoms with Gasteiger partial charge >= 0.3 is 5.97 Å². The van der Waals surface area contributed by atoms with Gasteiger partial charge in [-0.2, -0.15) is 0 Å². The van der Waals surface area contributed by atoms with E-state index in [0.29, 0.717) is 0 Å². The molecule has 0 heterocycles. The zero-order valence-corrected chi connectivity index (χ0v) is 29.2. The third-order valence-electron chi connectivity index (χ3n) is 6.96. The minimum atomic E-state index is -1.58. The van der Waals surface area contributed by atoms with Gasteiger partial charge in [-0.15, -0.1) is 0 Å². The summed E-state index contributed by atoms with van der Waals surface area (Å²) in [5.74, 6) is -7.93. The van der Waals surface area contributed by atoms with Crippen LogP contribution >= 0.6 is 0 Å². The zero-order valence-electron chi connectivity index (χ0n) is 29.2. The van der Waals surface area contributed by atoms with E-state index in [-0.39, 0.29) is 31.9 Å². The SMILES string of the molecule is CC(C)[C@H](NC(=O)[C@H](C)NC(=O)CNC(=O)CN)C(=O)N[C@H](C(=O)N[C@H](C(=O)NCC(=O)N[C@@H](CCCN=C(N)N)C(=O)O)[C@@H](C)O)C(C)C. The van der Waals surface area contributed by atoms with Gasteiger partial charge in [0.1, 0.15) is 30.2 Å². The number of hydrogen-bond acceptors (Lipinski definition) is 11. The first-order valence-electron chi connectivity index (χ1n) is 15.9. The number of carboxylic acids is 1. The fourth-order valence-corrected chi connectivity index (χ4v) is 4.13. The summed E-state index contributed by atoms with van der Waals surface area (Å²) >= 11 is 0. The molecule has 7 amide bonds. The molecule has 284 valence electrons. The highest BCUT2D eigenvalue weighted by molar-refractivity contribution is 5.96. The Labute approximate surface area is 290 Å². The maximum atomic E-state index is 13.3. The van der Waals surface area contributed by atoms with E-state index >= 15 is 0 Å². The van der Waals surface area contributed by atoms with Crippen molar-refractivity contribution in [3.05, 3.63) is 0 Å². The van der Waals surface area contributed by atoms with Crippen LogP contribution in [0.25, 0.3) is 0 Å². The quantitative estimate of drug-likeness (QED) is 0.0283. The third-order valence-corrected chi connectivity index (χ3v) is 6.96. The standard InChI is InChI=1S/C29H53N11O10/c1-13(2)21(38-24(45)15(5)36-19(43)11-34-18(42)10-30)26(47)39-22(14(3)4)27(48)40-23(16(6)41)25(46)35-12-20(44)37-17(28(49)50)8-7-9-33-29(31)32/h13-17,21-23,41H,7-12,30H2,1-6H3,(H,34,42)(H,35,46)(H,36,43)(H,37,44)(H,38,45)(H,39,47)(H,40,48)(H,49,50)(H4,31,32,33)/t15-,16+,17-,21-,22-,23-/m0/s1. The molecular weight excluding hydrogens is 662 g/mol. The average Bonchev–Trinajstić information content (AvgIpc) is 3.02. The lowest BCUT2D eigenvalue weighted by molar-refractivity contribution is -0.142. The number of aliphatic hydroxyl groups is 1. The smallest absolute Gasteiger partial charge is 0.326 e. The molecule has 0 aromatic carbocycles. The van der Waals surface area contributed by atoms with Gasteiger partial charge in [-0.3, -0.25) is 38.6 Å². The highest BCUT2D eigenvalue weighted by Gasteiger charge is 2.34. The van der Waals surface area contributed by atoms with Crippen molar-refractivity contribution in [2.75, 3.05) is 26.2 Å². The summed E-state index contributed by atoms with van der Waals surface area (Å²) in [6.45, 7) is 7.76. The van der Waals surface area contributed by atoms with E-state index in [1.165, 1.54) is 13.8 Å². The first-order valence-corrected chi connectivity index (χ1v) is 15.9. The van der Waals surface area contributed by atoms with Crippen LogP contribution in [0.2, 0.25) is 0 Å². The number of guanidine groups is 1. The topological polar surface area (TPSA) is 352 Å². The van der Waals surface area contributed by atoms with Gasteiger partial charge in [-0.05, 0) is 38.5 Å². The summed E-state index contributed by atoms with van der Waals surface area (Å²) in [6.07, 6.45) is -1.23. The van der Waals surface area contributed by atoms with Crippen molar-refractivity contribution in [3.8, 4) is 0 Å². The van der Waals surface area contributed by atoms with Gasteiger partial charge in [0.25, 0.3) is 0 Å². The molecule has 50 heavy (non-hydrogen) atoms. The van der Waals surface area contributed by atoms with Gasteiger partial charge < -0.3 is 64.6 Å². The number of nitrogens with two attached hydrogens (primary N) is 3. The van der Waals surface area contributed by atoms with E-state index < -0.39 is 109 Å². The molecule has 0 radical (unpaired) electrons. The average molecular weight is 716 g/mol. The number of carbonyl (C=O) groups excluding carboxylic acids is 7. The molecule has 0 bridgehead atoms. The molecule has 0 rings (SSSR count). The predicted octanol–water partition coefficient (Wildman–Crippen LogP) is -5.55. The third kappa shape index (κ3) is 17.4. The van der Waals surface area contributed by atoms with Crippen LogP contribution in [0, 0.1) is 11.8 Å². The molecule has 0 spiro atoms. The van der Waals surface area contributed by atoms with Crippen LogP contribution in [-0.2, 0) is 38.4 Å². The highest BCUT2D eigenvalue weighted by atomic mass is 16.4. The number of nitrogens with one attached hydrogen (secondary N) is 7. The van der Waals surface area contributed by atoms with E-state index in [1.54, 1.807) is 27.7 Å². The summed E-state index contributed by atoms with van der Waals surface area (Å²) in [5, 5.41) is 36.2. The molecule has 6 atom stereocenters. The van der Waals surface area contributed by atoms with Crippen molar-refractivity contribution < 1.29 is 48.6 Å². The fraction of sp³-hybridized carbons (Fsp3) is 0.690. The molecule has 0 saturated heterocycles. The van der Waals surface area contributed by atoms with E-state index in [9.17, 15) is 48.6 Å². The van der Waals surface area contributed by atoms with Gasteiger partial charge in [0.05, 0.1) is 25.7 Å². The van der Waals surface area contributed by atoms with Crippen molar-refractivity contribution in [1.82, 2.24) is 37.2 Å². The predicted molar refractivity (Wildman–Crippen MR) is 179 cm³/mol. The van der Waals surface area contributed by atoms with Crippen molar-refractivity contribution in [2.24, 2.45) is 34.0 Å². The fourth-order valence-electron chi connectivity index (χ4n) is 4.13. The second kappa shape index (κ2) is 22.6. The Bertz CT molecular complexity index is 1240. The molecule has 0 aliphatic heterocycles. The van der Waals surface area contributed by atoms with Crippen LogP contribution in [-0.4, -0.2) is 126 Å². The van der Waals surface area contributed by atoms with Crippen LogP contribution in [0.1, 0.15) is 54.4 Å². The maximum absolute atomic E-state index is 13.3. The van der Waals surface area contributed by atoms with E-state index in [2.05, 4.69) is 42.2 Å². The second-order valence-electron chi connectivity index (χ2n) is 12.1. The molecule has 21 nitrogen and oxygen atoms in total. The van der Waals surface area contributed by atoms with Crippen LogP contribution in [0.4, 0.5) is 0 Å². The summed E-state index contributed by atoms with van der Waals surface area (Å²) in [4.78, 5) is 103. The lowest BCUT2D eigenvalue weighted by Gasteiger charge is -2.29. The maximum Gasteiger partial charge on any atom is 0.326 e. The van der Waals surface area contributed by atoms with E-state index in [4.69, 9.17) is 17.2 Å². The molecule has 0 aromatic heterocycles. The number of carboxylic acid groups (broad SMARTS) is 1. The number of aliphatic carboxylic acids is 1. The van der Waals surface area contributed by atoms with E-state index in [0.717, 1.165) is 0 Å². The number of nitrogens with zero attached hydrogens (tertiary/aromatic N) is 1. The highest BCUT2D eigenvalue weighted by Crippen LogP contribution is 2.08. The summed E-state index contributed by atoms with van der Waals surface area (Å²) < 4.78 is 0. The molecular formula is C29H53N11O10. The summed E-state index contributed by atoms with van der Waals surface area (Å²) in [5.41, 5.74) is 15.6. The van der Waals surface area contributed by atoms with E-state index in [1.807, 2.05) is 0 Å². The Morgan fingerprint density at radius 2 is 1.12 bits per heavy atom. The Kier molecular flexibility index (Phi) is 20.3. The Morgan fingerprint density at radius 1 is 0.640 bits per heavy atom. The number of aliphatic imine (C=N–C) groups is 1.